The van der Waals surface area contributed by atoms with E-state index in [1.807, 2.05) is 73.7 Å². The van der Waals surface area contributed by atoms with Crippen molar-refractivity contribution in [1.29, 1.82) is 0 Å². The Hall–Kier alpha value is -2.75. The lowest BCUT2D eigenvalue weighted by Crippen LogP contribution is -2.44. The number of carbonyl (C=O) groups excluding carboxylic acids is 1. The molecule has 3 nitrogen and oxygen atoms in total. The molecule has 3 aromatic carbocycles. The van der Waals surface area contributed by atoms with Crippen LogP contribution in [0.1, 0.15) is 23.6 Å². The van der Waals surface area contributed by atoms with E-state index in [1.165, 1.54) is 11.1 Å². The zero-order valence-corrected chi connectivity index (χ0v) is 16.3. The monoisotopic (exact) mass is 373 g/mol. The number of nitrogens with zero attached hydrogens (tertiary/aromatic N) is 1. The second-order valence-electron chi connectivity index (χ2n) is 7.00. The van der Waals surface area contributed by atoms with Crippen molar-refractivity contribution in [2.75, 3.05) is 0 Å². The molecule has 3 rings (SSSR count). The largest absolute Gasteiger partial charge is 0.372 e. The molecule has 0 heterocycles. The zero-order chi connectivity index (χ0) is 19.6. The van der Waals surface area contributed by atoms with Crippen LogP contribution < -0.4 is 0 Å². The Balaban J connectivity index is 1.74. The second kappa shape index (κ2) is 10.5. The maximum Gasteiger partial charge on any atom is 0.139 e. The molecule has 3 aromatic rings. The maximum absolute atomic E-state index is 12.1. The van der Waals surface area contributed by atoms with Crippen molar-refractivity contribution < 1.29 is 9.53 Å². The van der Waals surface area contributed by atoms with Crippen LogP contribution in [0.25, 0.3) is 0 Å². The summed E-state index contributed by atoms with van der Waals surface area (Å²) in [5.41, 5.74) is 3.47. The number of hydrogen-bond donors (Lipinski definition) is 0. The molecule has 0 saturated heterocycles. The molecule has 28 heavy (non-hydrogen) atoms. The summed E-state index contributed by atoms with van der Waals surface area (Å²) < 4.78 is 6.06. The number of carbonyl (C=O) groups is 1. The highest BCUT2D eigenvalue weighted by atomic mass is 16.5. The van der Waals surface area contributed by atoms with Crippen LogP contribution in [0.3, 0.4) is 0 Å². The van der Waals surface area contributed by atoms with Crippen LogP contribution in [-0.4, -0.2) is 23.3 Å². The van der Waals surface area contributed by atoms with E-state index < -0.39 is 0 Å². The van der Waals surface area contributed by atoms with Crippen LogP contribution in [0.15, 0.2) is 91.0 Å². The summed E-state index contributed by atoms with van der Waals surface area (Å²) in [6.45, 7) is 3.86. The lowest BCUT2D eigenvalue weighted by molar-refractivity contribution is -0.119. The Morgan fingerprint density at radius 3 is 1.61 bits per heavy atom. The number of hydrogen-bond acceptors (Lipinski definition) is 3. The third kappa shape index (κ3) is 5.88. The quantitative estimate of drug-likeness (QED) is 0.475. The van der Waals surface area contributed by atoms with Crippen LogP contribution in [0.4, 0.5) is 0 Å². The average molecular weight is 373 g/mol. The fourth-order valence-corrected chi connectivity index (χ4v) is 3.30. The minimum absolute atomic E-state index is 0.217. The van der Waals surface area contributed by atoms with Gasteiger partial charge in [-0.1, -0.05) is 91.0 Å². The Kier molecular flexibility index (Phi) is 7.53. The van der Waals surface area contributed by atoms with Crippen molar-refractivity contribution in [1.82, 2.24) is 4.90 Å². The smallest absolute Gasteiger partial charge is 0.139 e. The summed E-state index contributed by atoms with van der Waals surface area (Å²) in [6.07, 6.45) is 0.798. The number of aldehydes is 1. The Labute approximate surface area is 167 Å². The lowest BCUT2D eigenvalue weighted by Gasteiger charge is -2.32. The molecular formula is C25H27NO2. The molecule has 0 aromatic heterocycles. The first kappa shape index (κ1) is 20.0. The van der Waals surface area contributed by atoms with E-state index in [0.29, 0.717) is 19.7 Å². The zero-order valence-electron chi connectivity index (χ0n) is 16.3. The minimum Gasteiger partial charge on any atom is -0.372 e. The van der Waals surface area contributed by atoms with Crippen LogP contribution in [-0.2, 0) is 29.2 Å². The Morgan fingerprint density at radius 1 is 0.750 bits per heavy atom. The van der Waals surface area contributed by atoms with E-state index in [1.54, 1.807) is 0 Å². The van der Waals surface area contributed by atoms with Crippen molar-refractivity contribution in [2.24, 2.45) is 0 Å². The molecule has 3 heteroatoms. The van der Waals surface area contributed by atoms with Gasteiger partial charge in [-0.2, -0.15) is 0 Å². The highest BCUT2D eigenvalue weighted by Gasteiger charge is 2.25. The summed E-state index contributed by atoms with van der Waals surface area (Å²) in [5, 5.41) is 0. The Bertz CT molecular complexity index is 779. The van der Waals surface area contributed by atoms with Crippen LogP contribution in [0.5, 0.6) is 0 Å². The molecule has 0 spiro atoms. The van der Waals surface area contributed by atoms with Crippen molar-refractivity contribution in [2.45, 2.75) is 38.8 Å². The fraction of sp³-hybridized carbons (Fsp3) is 0.240. The molecule has 0 saturated carbocycles. The number of benzene rings is 3. The fourth-order valence-electron chi connectivity index (χ4n) is 3.30. The maximum atomic E-state index is 12.1. The van der Waals surface area contributed by atoms with Gasteiger partial charge in [0.1, 0.15) is 6.29 Å². The highest BCUT2D eigenvalue weighted by molar-refractivity contribution is 5.58. The molecular weight excluding hydrogens is 346 g/mol. The summed E-state index contributed by atoms with van der Waals surface area (Å²) >= 11 is 0. The summed E-state index contributed by atoms with van der Waals surface area (Å²) in [7, 11) is 0. The normalized spacial score (nSPS) is 13.2. The van der Waals surface area contributed by atoms with Gasteiger partial charge in [0.25, 0.3) is 0 Å². The molecule has 0 bridgehead atoms. The molecule has 0 aliphatic carbocycles. The molecule has 144 valence electrons. The van der Waals surface area contributed by atoms with Gasteiger partial charge >= 0.3 is 0 Å². The van der Waals surface area contributed by atoms with E-state index in [2.05, 4.69) is 29.2 Å². The third-order valence-electron chi connectivity index (χ3n) is 4.85. The van der Waals surface area contributed by atoms with Crippen molar-refractivity contribution in [3.63, 3.8) is 0 Å². The highest BCUT2D eigenvalue weighted by Crippen LogP contribution is 2.17. The summed E-state index contributed by atoms with van der Waals surface area (Å²) in [4.78, 5) is 14.2. The topological polar surface area (TPSA) is 29.5 Å². The molecule has 2 atom stereocenters. The Morgan fingerprint density at radius 2 is 1.18 bits per heavy atom. The number of rotatable bonds is 10. The molecule has 0 N–H and O–H groups in total. The molecule has 0 aliphatic heterocycles. The van der Waals surface area contributed by atoms with Gasteiger partial charge in [0, 0.05) is 13.1 Å². The first-order valence-corrected chi connectivity index (χ1v) is 9.69. The minimum atomic E-state index is -0.330. The van der Waals surface area contributed by atoms with Gasteiger partial charge in [0.2, 0.25) is 0 Å². The average Bonchev–Trinajstić information content (AvgIpc) is 2.75. The van der Waals surface area contributed by atoms with Gasteiger partial charge in [0.15, 0.2) is 0 Å². The first-order chi connectivity index (χ1) is 13.8. The third-order valence-corrected chi connectivity index (χ3v) is 4.85. The predicted octanol–water partition coefficient (Wildman–Crippen LogP) is 4.86. The second-order valence-corrected chi connectivity index (χ2v) is 7.00. The van der Waals surface area contributed by atoms with Crippen LogP contribution in [0.2, 0.25) is 0 Å². The standard InChI is InChI=1S/C25H27NO2/c1-21(28-20-24-15-9-4-10-16-24)25(19-27)26(17-22-11-5-2-6-12-22)18-23-13-7-3-8-14-23/h2-16,19,21,25H,17-18,20H2,1H3/t21?,25-/m1/s1. The van der Waals surface area contributed by atoms with E-state index in [4.69, 9.17) is 4.74 Å². The molecule has 0 amide bonds. The van der Waals surface area contributed by atoms with E-state index in [9.17, 15) is 4.79 Å². The van der Waals surface area contributed by atoms with E-state index in [-0.39, 0.29) is 12.1 Å². The molecule has 0 fully saturated rings. The molecule has 0 aliphatic rings. The van der Waals surface area contributed by atoms with Gasteiger partial charge < -0.3 is 9.53 Å². The SMILES string of the molecule is CC(OCc1ccccc1)[C@@H](C=O)N(Cc1ccccc1)Cc1ccccc1. The van der Waals surface area contributed by atoms with Crippen LogP contribution in [0, 0.1) is 0 Å². The molecule has 1 unspecified atom stereocenters. The van der Waals surface area contributed by atoms with Gasteiger partial charge in [-0.15, -0.1) is 0 Å². The number of ether oxygens (including phenoxy) is 1. The molecule has 0 radical (unpaired) electrons. The van der Waals surface area contributed by atoms with E-state index >= 15 is 0 Å². The van der Waals surface area contributed by atoms with E-state index in [0.717, 1.165) is 11.8 Å². The lowest BCUT2D eigenvalue weighted by atomic mass is 10.1. The van der Waals surface area contributed by atoms with Crippen molar-refractivity contribution >= 4 is 6.29 Å². The van der Waals surface area contributed by atoms with Crippen molar-refractivity contribution in [3.05, 3.63) is 108 Å². The summed E-state index contributed by atoms with van der Waals surface area (Å²) in [5.74, 6) is 0. The first-order valence-electron chi connectivity index (χ1n) is 9.69. The van der Waals surface area contributed by atoms with Crippen molar-refractivity contribution in [3.8, 4) is 0 Å². The predicted molar refractivity (Wildman–Crippen MR) is 113 cm³/mol. The van der Waals surface area contributed by atoms with Gasteiger partial charge in [-0.05, 0) is 23.6 Å². The van der Waals surface area contributed by atoms with Crippen LogP contribution >= 0.6 is 0 Å². The van der Waals surface area contributed by atoms with Gasteiger partial charge in [0.05, 0.1) is 18.8 Å². The van der Waals surface area contributed by atoms with Gasteiger partial charge in [-0.25, -0.2) is 0 Å². The van der Waals surface area contributed by atoms with Gasteiger partial charge in [-0.3, -0.25) is 4.90 Å². The summed E-state index contributed by atoms with van der Waals surface area (Å²) in [6, 6.07) is 30.2.